The van der Waals surface area contributed by atoms with E-state index in [9.17, 15) is 10.2 Å². The van der Waals surface area contributed by atoms with Crippen molar-refractivity contribution in [3.8, 4) is 0 Å². The molecule has 0 aliphatic heterocycles. The van der Waals surface area contributed by atoms with E-state index in [0.717, 1.165) is 30.3 Å². The van der Waals surface area contributed by atoms with Crippen molar-refractivity contribution >= 4 is 22.5 Å². The maximum absolute atomic E-state index is 11.1. The zero-order chi connectivity index (χ0) is 21.8. The average molecular weight is 421 g/mol. The number of nitrogens with zero attached hydrogens (tertiary/aromatic N) is 5. The molecule has 8 heteroatoms. The second-order valence-electron chi connectivity index (χ2n) is 9.26. The van der Waals surface area contributed by atoms with Crippen LogP contribution in [0.25, 0.3) is 16.7 Å². The number of anilines is 1. The fourth-order valence-electron chi connectivity index (χ4n) is 5.22. The van der Waals surface area contributed by atoms with Gasteiger partial charge in [0.15, 0.2) is 0 Å². The molecule has 5 rings (SSSR count). The summed E-state index contributed by atoms with van der Waals surface area (Å²) in [6.07, 6.45) is 9.99. The molecular formula is C23H28N6O2. The summed E-state index contributed by atoms with van der Waals surface area (Å²) in [5, 5.41) is 22.8. The van der Waals surface area contributed by atoms with Gasteiger partial charge in [-0.1, -0.05) is 6.92 Å². The number of nitrogens with two attached hydrogens (primary N) is 1. The highest BCUT2D eigenvalue weighted by molar-refractivity contribution is 5.86. The zero-order valence-corrected chi connectivity index (χ0v) is 17.8. The van der Waals surface area contributed by atoms with Crippen LogP contribution in [0.5, 0.6) is 0 Å². The highest BCUT2D eigenvalue weighted by Gasteiger charge is 2.48. The Hall–Kier alpha value is -2.97. The standard InChI is InChI=1S/C23H28N6O2/c1-14(29-7-4-17-21(24)26-13-27-22(17)29)19(30)20(31)23(2)11-16(12-23)9-15-3-6-28-8-5-25-18(28)10-15/h3-8,10,13-14,16,19-20,30-31H,9,11-12H2,1-2H3,(H2,24,26,27)/t14-,16?,19+,20+,23?/m1/s1. The molecule has 1 saturated carbocycles. The number of pyridine rings is 1. The molecule has 4 aromatic rings. The van der Waals surface area contributed by atoms with Crippen LogP contribution in [0, 0.1) is 11.3 Å². The van der Waals surface area contributed by atoms with Crippen LogP contribution in [0.4, 0.5) is 5.82 Å². The van der Waals surface area contributed by atoms with Crippen LogP contribution in [-0.2, 0) is 6.42 Å². The lowest BCUT2D eigenvalue weighted by molar-refractivity contribution is -0.125. The van der Waals surface area contributed by atoms with Gasteiger partial charge in [-0.2, -0.15) is 0 Å². The van der Waals surface area contributed by atoms with Crippen molar-refractivity contribution in [3.05, 3.63) is 54.9 Å². The van der Waals surface area contributed by atoms with Crippen molar-refractivity contribution in [3.63, 3.8) is 0 Å². The highest BCUT2D eigenvalue weighted by Crippen LogP contribution is 2.50. The normalized spacial score (nSPS) is 24.2. The fraction of sp³-hybridized carbons (Fsp3) is 0.435. The third kappa shape index (κ3) is 3.36. The molecule has 0 bridgehead atoms. The van der Waals surface area contributed by atoms with E-state index in [1.165, 1.54) is 11.9 Å². The summed E-state index contributed by atoms with van der Waals surface area (Å²) in [4.78, 5) is 12.7. The van der Waals surface area contributed by atoms with Crippen molar-refractivity contribution < 1.29 is 10.2 Å². The van der Waals surface area contributed by atoms with Gasteiger partial charge in [-0.05, 0) is 61.3 Å². The molecule has 0 saturated heterocycles. The Balaban J connectivity index is 1.26. The smallest absolute Gasteiger partial charge is 0.145 e. The topological polar surface area (TPSA) is 114 Å². The number of rotatable bonds is 6. The van der Waals surface area contributed by atoms with Gasteiger partial charge in [0.05, 0.1) is 17.5 Å². The van der Waals surface area contributed by atoms with Gasteiger partial charge in [0.2, 0.25) is 0 Å². The summed E-state index contributed by atoms with van der Waals surface area (Å²) in [6, 6.07) is 5.74. The molecule has 4 aromatic heterocycles. The summed E-state index contributed by atoms with van der Waals surface area (Å²) >= 11 is 0. The summed E-state index contributed by atoms with van der Waals surface area (Å²) in [7, 11) is 0. The molecule has 0 aromatic carbocycles. The Morgan fingerprint density at radius 1 is 1.16 bits per heavy atom. The molecule has 3 atom stereocenters. The van der Waals surface area contributed by atoms with Crippen LogP contribution < -0.4 is 5.73 Å². The lowest BCUT2D eigenvalue weighted by Gasteiger charge is -2.50. The monoisotopic (exact) mass is 420 g/mol. The number of nitrogen functional groups attached to an aromatic ring is 1. The minimum atomic E-state index is -0.918. The Bertz CT molecular complexity index is 1230. The first-order chi connectivity index (χ1) is 14.9. The molecule has 1 aliphatic rings. The first-order valence-electron chi connectivity index (χ1n) is 10.7. The van der Waals surface area contributed by atoms with E-state index < -0.39 is 12.2 Å². The van der Waals surface area contributed by atoms with Crippen molar-refractivity contribution in [2.45, 2.75) is 51.4 Å². The van der Waals surface area contributed by atoms with Crippen LogP contribution in [0.15, 0.2) is 49.3 Å². The van der Waals surface area contributed by atoms with E-state index in [-0.39, 0.29) is 11.5 Å². The second-order valence-corrected chi connectivity index (χ2v) is 9.26. The van der Waals surface area contributed by atoms with Gasteiger partial charge in [0, 0.05) is 24.8 Å². The van der Waals surface area contributed by atoms with Crippen LogP contribution in [0.1, 0.15) is 38.3 Å². The number of aliphatic hydroxyl groups excluding tert-OH is 2. The van der Waals surface area contributed by atoms with E-state index in [2.05, 4.69) is 34.0 Å². The maximum Gasteiger partial charge on any atom is 0.145 e. The quantitative estimate of drug-likeness (QED) is 0.442. The molecule has 1 fully saturated rings. The summed E-state index contributed by atoms with van der Waals surface area (Å²) in [5.41, 5.74) is 8.48. The maximum atomic E-state index is 11.1. The molecule has 1 aliphatic carbocycles. The molecule has 162 valence electrons. The minimum Gasteiger partial charge on any atom is -0.390 e. The lowest BCUT2D eigenvalue weighted by Crippen LogP contribution is -2.51. The predicted molar refractivity (Wildman–Crippen MR) is 118 cm³/mol. The third-order valence-corrected chi connectivity index (χ3v) is 7.01. The third-order valence-electron chi connectivity index (χ3n) is 7.01. The number of aliphatic hydroxyl groups is 2. The van der Waals surface area contributed by atoms with Gasteiger partial charge in [0.25, 0.3) is 0 Å². The van der Waals surface area contributed by atoms with Gasteiger partial charge in [-0.15, -0.1) is 0 Å². The average Bonchev–Trinajstić information content (AvgIpc) is 3.38. The van der Waals surface area contributed by atoms with E-state index in [4.69, 9.17) is 5.73 Å². The SMILES string of the molecule is C[C@H]([C@H](O)[C@H](O)C1(C)CC(Cc2ccn3ccnc3c2)C1)n1ccc2c(N)ncnc21. The van der Waals surface area contributed by atoms with E-state index in [0.29, 0.717) is 17.4 Å². The van der Waals surface area contributed by atoms with Gasteiger partial charge in [0.1, 0.15) is 29.5 Å². The second kappa shape index (κ2) is 7.32. The minimum absolute atomic E-state index is 0.313. The van der Waals surface area contributed by atoms with Crippen LogP contribution in [0.3, 0.4) is 0 Å². The number of aromatic nitrogens is 5. The van der Waals surface area contributed by atoms with Crippen molar-refractivity contribution in [2.24, 2.45) is 11.3 Å². The van der Waals surface area contributed by atoms with E-state index in [1.54, 1.807) is 6.20 Å². The molecule has 0 unspecified atom stereocenters. The fourth-order valence-corrected chi connectivity index (χ4v) is 5.22. The first kappa shape index (κ1) is 20.0. The number of imidazole rings is 1. The Labute approximate surface area is 180 Å². The van der Waals surface area contributed by atoms with Gasteiger partial charge < -0.3 is 24.9 Å². The molecule has 8 nitrogen and oxygen atoms in total. The van der Waals surface area contributed by atoms with Crippen LogP contribution in [-0.4, -0.2) is 46.3 Å². The highest BCUT2D eigenvalue weighted by atomic mass is 16.3. The zero-order valence-electron chi connectivity index (χ0n) is 17.8. The number of hydrogen-bond donors (Lipinski definition) is 3. The van der Waals surface area contributed by atoms with Crippen LogP contribution in [0.2, 0.25) is 0 Å². The first-order valence-corrected chi connectivity index (χ1v) is 10.7. The van der Waals surface area contributed by atoms with Gasteiger partial charge >= 0.3 is 0 Å². The summed E-state index contributed by atoms with van der Waals surface area (Å²) in [5.74, 6) is 0.896. The largest absolute Gasteiger partial charge is 0.390 e. The van der Waals surface area contributed by atoms with Crippen LogP contribution >= 0.6 is 0 Å². The van der Waals surface area contributed by atoms with Gasteiger partial charge in [-0.25, -0.2) is 15.0 Å². The van der Waals surface area contributed by atoms with Crippen molar-refractivity contribution in [1.29, 1.82) is 0 Å². The number of fused-ring (bicyclic) bond motifs is 2. The lowest BCUT2D eigenvalue weighted by atomic mass is 9.57. The van der Waals surface area contributed by atoms with E-state index >= 15 is 0 Å². The molecule has 0 spiro atoms. The molecule has 0 radical (unpaired) electrons. The number of hydrogen-bond acceptors (Lipinski definition) is 6. The van der Waals surface area contributed by atoms with Gasteiger partial charge in [-0.3, -0.25) is 0 Å². The molecule has 0 amide bonds. The molecule has 31 heavy (non-hydrogen) atoms. The molecule has 4 N–H and O–H groups in total. The Kier molecular flexibility index (Phi) is 4.71. The Morgan fingerprint density at radius 3 is 2.77 bits per heavy atom. The summed E-state index contributed by atoms with van der Waals surface area (Å²) < 4.78 is 3.86. The molecular weight excluding hydrogens is 392 g/mol. The summed E-state index contributed by atoms with van der Waals surface area (Å²) in [6.45, 7) is 3.96. The predicted octanol–water partition coefficient (Wildman–Crippen LogP) is 2.60. The Morgan fingerprint density at radius 2 is 1.97 bits per heavy atom. The van der Waals surface area contributed by atoms with Crippen molar-refractivity contribution in [2.75, 3.05) is 5.73 Å². The molecule has 4 heterocycles. The van der Waals surface area contributed by atoms with Crippen molar-refractivity contribution in [1.82, 2.24) is 23.9 Å². The van der Waals surface area contributed by atoms with E-state index in [1.807, 2.05) is 40.5 Å².